The molecule has 0 aliphatic carbocycles. The van der Waals surface area contributed by atoms with Crippen molar-refractivity contribution in [1.82, 2.24) is 0 Å². The summed E-state index contributed by atoms with van der Waals surface area (Å²) in [5, 5.41) is 4.94. The van der Waals surface area contributed by atoms with E-state index in [1.165, 1.54) is 62.2 Å². The summed E-state index contributed by atoms with van der Waals surface area (Å²) in [6.07, 6.45) is 0. The zero-order valence-corrected chi connectivity index (χ0v) is 52.3. The van der Waals surface area contributed by atoms with Gasteiger partial charge in [-0.25, -0.2) is 0 Å². The summed E-state index contributed by atoms with van der Waals surface area (Å²) in [6.45, 7) is -0.393. The van der Waals surface area contributed by atoms with Crippen LogP contribution in [0.5, 0.6) is 11.5 Å². The van der Waals surface area contributed by atoms with E-state index in [0.717, 1.165) is 108 Å². The molecule has 94 heavy (non-hydrogen) atoms. The van der Waals surface area contributed by atoms with E-state index < -0.39 is 0 Å². The minimum Gasteiger partial charge on any atom is -0.458 e. The van der Waals surface area contributed by atoms with Gasteiger partial charge < -0.3 is 29.2 Å². The van der Waals surface area contributed by atoms with Crippen LogP contribution >= 0.6 is 22.7 Å². The van der Waals surface area contributed by atoms with Crippen molar-refractivity contribution < 1.29 is 4.74 Å². The largest absolute Gasteiger partial charge is 0.458 e. The van der Waals surface area contributed by atoms with Crippen LogP contribution in [0.4, 0.5) is 85.3 Å². The third kappa shape index (κ3) is 7.97. The molecule has 0 fully saturated rings. The van der Waals surface area contributed by atoms with Crippen LogP contribution in [0.15, 0.2) is 322 Å². The van der Waals surface area contributed by atoms with E-state index in [1.54, 1.807) is 0 Å². The fourth-order valence-electron chi connectivity index (χ4n) is 15.8. The van der Waals surface area contributed by atoms with E-state index in [0.29, 0.717) is 0 Å². The third-order valence-electron chi connectivity index (χ3n) is 19.6. The van der Waals surface area contributed by atoms with Crippen molar-refractivity contribution >= 4 is 195 Å². The molecule has 0 amide bonds. The van der Waals surface area contributed by atoms with E-state index in [4.69, 9.17) is 4.74 Å². The smallest absolute Gasteiger partial charge is 0.256 e. The molecule has 4 aliphatic heterocycles. The second kappa shape index (κ2) is 21.0. The molecule has 0 atom stereocenters. The average molecular weight is 1230 g/mol. The molecule has 0 unspecified atom stereocenters. The molecule has 0 radical (unpaired) electrons. The Morgan fingerprint density at radius 2 is 0.713 bits per heavy atom. The lowest BCUT2D eigenvalue weighted by Crippen LogP contribution is -2.64. The first-order chi connectivity index (χ1) is 46.7. The summed E-state index contributed by atoms with van der Waals surface area (Å²) in [7, 11) is 0. The SMILES string of the molecule is c1ccc(N(c2ccccc2)c2cc3c4c(c2)N(c2cccc5sc6ccccc6c25)c2cc5c(cc2B4c2ccccc2N3c2ccccc2)B2c3ccccc3Oc3cc(N(c4ccccc4)c4cccc6sc7ccccc7c46)cc(c32)N5c2ccccc2)cc1. The van der Waals surface area contributed by atoms with Crippen LogP contribution in [0.2, 0.25) is 0 Å². The van der Waals surface area contributed by atoms with E-state index in [1.807, 2.05) is 22.7 Å². The molecule has 0 saturated carbocycles. The molecule has 0 saturated heterocycles. The number of thiophene rings is 2. The number of hydrogen-bond acceptors (Lipinski definition) is 8. The van der Waals surface area contributed by atoms with Crippen molar-refractivity contribution in [3.05, 3.63) is 322 Å². The normalized spacial score (nSPS) is 13.1. The monoisotopic (exact) mass is 1230 g/mol. The summed E-state index contributed by atoms with van der Waals surface area (Å²) < 4.78 is 12.4. The van der Waals surface area contributed by atoms with E-state index in [2.05, 4.69) is 346 Å². The number of rotatable bonds is 9. The summed E-state index contributed by atoms with van der Waals surface area (Å²) in [5.74, 6) is 1.70. The van der Waals surface area contributed by atoms with E-state index >= 15 is 0 Å². The van der Waals surface area contributed by atoms with E-state index in [-0.39, 0.29) is 13.4 Å². The highest BCUT2D eigenvalue weighted by Gasteiger charge is 2.49. The van der Waals surface area contributed by atoms with Crippen molar-refractivity contribution in [2.75, 3.05) is 24.5 Å². The highest BCUT2D eigenvalue weighted by molar-refractivity contribution is 7.26. The fourth-order valence-corrected chi connectivity index (χ4v) is 18.1. The van der Waals surface area contributed by atoms with Crippen molar-refractivity contribution in [3.8, 4) is 11.5 Å². The summed E-state index contributed by atoms with van der Waals surface area (Å²) in [5.41, 5.74) is 23.6. The van der Waals surface area contributed by atoms with Crippen molar-refractivity contribution in [2.45, 2.75) is 0 Å². The molecule has 438 valence electrons. The quantitative estimate of drug-likeness (QED) is 0.134. The van der Waals surface area contributed by atoms with Gasteiger partial charge in [-0.05, 0) is 166 Å². The van der Waals surface area contributed by atoms with Gasteiger partial charge in [-0.3, -0.25) is 0 Å². The summed E-state index contributed by atoms with van der Waals surface area (Å²) >= 11 is 3.71. The second-order valence-corrected chi connectivity index (χ2v) is 26.8. The Balaban J connectivity index is 0.914. The van der Waals surface area contributed by atoms with Crippen LogP contribution in [0, 0.1) is 0 Å². The van der Waals surface area contributed by atoms with Crippen LogP contribution in [-0.4, -0.2) is 13.4 Å². The molecule has 2 aromatic heterocycles. The van der Waals surface area contributed by atoms with Crippen LogP contribution in [0.25, 0.3) is 40.3 Å². The predicted octanol–water partition coefficient (Wildman–Crippen LogP) is 19.8. The van der Waals surface area contributed by atoms with Crippen molar-refractivity contribution in [2.24, 2.45) is 0 Å². The van der Waals surface area contributed by atoms with Crippen LogP contribution in [0.3, 0.4) is 0 Å². The van der Waals surface area contributed by atoms with Crippen LogP contribution in [0.1, 0.15) is 0 Å². The number of anilines is 15. The molecular weight excluding hydrogens is 1180 g/mol. The Morgan fingerprint density at radius 3 is 1.36 bits per heavy atom. The lowest BCUT2D eigenvalue weighted by Gasteiger charge is -2.47. The number of benzene rings is 14. The maximum absolute atomic E-state index is 7.42. The van der Waals surface area contributed by atoms with Crippen LogP contribution in [-0.2, 0) is 0 Å². The van der Waals surface area contributed by atoms with Gasteiger partial charge in [-0.15, -0.1) is 22.7 Å². The second-order valence-electron chi connectivity index (χ2n) is 24.7. The molecule has 16 aromatic rings. The van der Waals surface area contributed by atoms with Gasteiger partial charge in [-0.2, -0.15) is 0 Å². The topological polar surface area (TPSA) is 25.4 Å². The van der Waals surface area contributed by atoms with Gasteiger partial charge in [0.1, 0.15) is 11.5 Å². The molecule has 0 N–H and O–H groups in total. The Morgan fingerprint density at radius 1 is 0.266 bits per heavy atom. The number of nitrogens with zero attached hydrogens (tertiary/aromatic N) is 5. The van der Waals surface area contributed by atoms with Gasteiger partial charge in [0.2, 0.25) is 0 Å². The fraction of sp³-hybridized carbons (Fsp3) is 0. The first kappa shape index (κ1) is 53.1. The maximum atomic E-state index is 7.42. The Kier molecular flexibility index (Phi) is 11.9. The van der Waals surface area contributed by atoms with Crippen molar-refractivity contribution in [3.63, 3.8) is 0 Å². The lowest BCUT2D eigenvalue weighted by molar-refractivity contribution is 0.487. The first-order valence-corrected chi connectivity index (χ1v) is 33.8. The number of fused-ring (bicyclic) bond motifs is 14. The van der Waals surface area contributed by atoms with Gasteiger partial charge >= 0.3 is 0 Å². The summed E-state index contributed by atoms with van der Waals surface area (Å²) in [6, 6.07) is 119. The molecule has 6 nitrogen and oxygen atoms in total. The zero-order valence-electron chi connectivity index (χ0n) is 50.7. The van der Waals surface area contributed by atoms with Crippen LogP contribution < -0.4 is 62.0 Å². The molecule has 6 heterocycles. The number of ether oxygens (including phenoxy) is 1. The molecule has 4 aliphatic rings. The third-order valence-corrected chi connectivity index (χ3v) is 21.8. The lowest BCUT2D eigenvalue weighted by atomic mass is 9.30. The molecule has 14 aromatic carbocycles. The number of hydrogen-bond donors (Lipinski definition) is 0. The molecular formula is C84H53B2N5OS2. The minimum atomic E-state index is -0.204. The first-order valence-electron chi connectivity index (χ1n) is 32.1. The summed E-state index contributed by atoms with van der Waals surface area (Å²) in [4.78, 5) is 12.6. The number of para-hydroxylation sites is 7. The molecule has 10 heteroatoms. The van der Waals surface area contributed by atoms with Gasteiger partial charge in [0, 0.05) is 109 Å². The highest BCUT2D eigenvalue weighted by Crippen LogP contribution is 2.54. The standard InChI is InChI=1S/C84H53B2N5OS2/c1-6-26-54(27-7-1)87(55-28-8-2-9-29-55)59-48-72-83-73(49-59)91(69-42-25-47-80-82(69)62-37-17-23-45-78(62)94-80)71-53-70-65(52-66(71)85(83)63-38-18-20-40-67(63)89(72)57-32-12-4-13-33-57)86-64-39-19-21-43-75(64)92-76-51-60(50-74(84(76)86)90(70)58-34-14-5-15-35-58)88(56-30-10-3-11-31-56)68-41-24-46-79-81(68)61-36-16-22-44-77(61)93-79/h1-53H. The molecule has 0 spiro atoms. The molecule has 0 bridgehead atoms. The Labute approximate surface area is 553 Å². The van der Waals surface area contributed by atoms with E-state index in [9.17, 15) is 0 Å². The maximum Gasteiger partial charge on any atom is 0.256 e. The Bertz CT molecular complexity index is 5690. The Hall–Kier alpha value is -11.6. The predicted molar refractivity (Wildman–Crippen MR) is 401 cm³/mol. The average Bonchev–Trinajstić information content (AvgIpc) is 0.761. The minimum absolute atomic E-state index is 0.189. The highest BCUT2D eigenvalue weighted by atomic mass is 32.1. The van der Waals surface area contributed by atoms with Gasteiger partial charge in [0.25, 0.3) is 13.4 Å². The zero-order chi connectivity index (χ0) is 61.5. The van der Waals surface area contributed by atoms with Gasteiger partial charge in [0.05, 0.1) is 22.7 Å². The van der Waals surface area contributed by atoms with Crippen molar-refractivity contribution in [1.29, 1.82) is 0 Å². The van der Waals surface area contributed by atoms with Gasteiger partial charge in [-0.1, -0.05) is 182 Å². The van der Waals surface area contributed by atoms with Gasteiger partial charge in [0.15, 0.2) is 0 Å². The molecule has 20 rings (SSSR count).